The van der Waals surface area contributed by atoms with Gasteiger partial charge in [-0.3, -0.25) is 9.59 Å². The van der Waals surface area contributed by atoms with Crippen LogP contribution in [-0.2, 0) is 9.59 Å². The molecule has 1 fully saturated rings. The molecule has 8 heteroatoms. The topological polar surface area (TPSA) is 75.6 Å². The van der Waals surface area contributed by atoms with Crippen LogP contribution in [0.15, 0.2) is 24.3 Å². The van der Waals surface area contributed by atoms with Gasteiger partial charge in [0.25, 0.3) is 0 Å². The molecule has 1 saturated carbocycles. The summed E-state index contributed by atoms with van der Waals surface area (Å²) in [5.41, 5.74) is -0.833. The summed E-state index contributed by atoms with van der Waals surface area (Å²) in [5.74, 6) is -2.08. The lowest BCUT2D eigenvalue weighted by Gasteiger charge is -2.36. The first-order valence-electron chi connectivity index (χ1n) is 7.04. The smallest absolute Gasteiger partial charge is 0.480 e. The van der Waals surface area contributed by atoms with Gasteiger partial charge in [-0.05, 0) is 37.5 Å². The van der Waals surface area contributed by atoms with Gasteiger partial charge >= 0.3 is 12.3 Å². The van der Waals surface area contributed by atoms with Gasteiger partial charge in [0.1, 0.15) is 11.2 Å². The van der Waals surface area contributed by atoms with Gasteiger partial charge in [0.15, 0.2) is 0 Å². The molecule has 1 aromatic carbocycles. The highest BCUT2D eigenvalue weighted by Gasteiger charge is 2.51. The van der Waals surface area contributed by atoms with Gasteiger partial charge in [0.2, 0.25) is 5.91 Å². The molecule has 126 valence electrons. The van der Waals surface area contributed by atoms with Crippen LogP contribution < -0.4 is 10.1 Å². The fraction of sp³-hybridized carbons (Fsp3) is 0.467. The second-order valence-corrected chi connectivity index (χ2v) is 5.55. The molecule has 23 heavy (non-hydrogen) atoms. The van der Waals surface area contributed by atoms with Gasteiger partial charge in [-0.2, -0.15) is 0 Å². The SMILES string of the molecule is CC(NC(=O)C1(C(=O)O)CCC1)c1ccc(OC(F)(F)F)cc1. The van der Waals surface area contributed by atoms with Crippen molar-refractivity contribution in [1.29, 1.82) is 0 Å². The van der Waals surface area contributed by atoms with E-state index in [1.54, 1.807) is 6.92 Å². The van der Waals surface area contributed by atoms with Gasteiger partial charge in [0.05, 0.1) is 6.04 Å². The molecule has 1 amide bonds. The van der Waals surface area contributed by atoms with E-state index in [9.17, 15) is 27.9 Å². The number of aliphatic carboxylic acids is 1. The lowest BCUT2D eigenvalue weighted by Crippen LogP contribution is -2.51. The van der Waals surface area contributed by atoms with E-state index in [1.165, 1.54) is 12.1 Å². The van der Waals surface area contributed by atoms with E-state index in [-0.39, 0.29) is 5.75 Å². The molecule has 0 spiro atoms. The molecule has 1 aliphatic rings. The predicted octanol–water partition coefficient (Wildman–Crippen LogP) is 3.02. The summed E-state index contributed by atoms with van der Waals surface area (Å²) in [6.45, 7) is 1.63. The van der Waals surface area contributed by atoms with Crippen molar-refractivity contribution in [3.05, 3.63) is 29.8 Å². The molecule has 2 N–H and O–H groups in total. The Hall–Kier alpha value is -2.25. The molecule has 1 aliphatic carbocycles. The molecule has 5 nitrogen and oxygen atoms in total. The Bertz CT molecular complexity index is 594. The lowest BCUT2D eigenvalue weighted by molar-refractivity contribution is -0.274. The first-order valence-corrected chi connectivity index (χ1v) is 7.04. The van der Waals surface area contributed by atoms with Crippen LogP contribution in [0.3, 0.4) is 0 Å². The van der Waals surface area contributed by atoms with Crippen LogP contribution in [0.1, 0.15) is 37.8 Å². The first kappa shape index (κ1) is 17.1. The largest absolute Gasteiger partial charge is 0.573 e. The van der Waals surface area contributed by atoms with E-state index in [2.05, 4.69) is 10.1 Å². The van der Waals surface area contributed by atoms with Crippen LogP contribution >= 0.6 is 0 Å². The van der Waals surface area contributed by atoms with Gasteiger partial charge in [-0.25, -0.2) is 0 Å². The summed E-state index contributed by atoms with van der Waals surface area (Å²) >= 11 is 0. The number of carboxylic acid groups (broad SMARTS) is 1. The van der Waals surface area contributed by atoms with Crippen LogP contribution in [0.2, 0.25) is 0 Å². The zero-order valence-corrected chi connectivity index (χ0v) is 12.3. The molecule has 2 rings (SSSR count). The average molecular weight is 331 g/mol. The van der Waals surface area contributed by atoms with Crippen molar-refractivity contribution < 1.29 is 32.6 Å². The molecule has 1 unspecified atom stereocenters. The van der Waals surface area contributed by atoms with Gasteiger partial charge in [-0.1, -0.05) is 18.6 Å². The maximum absolute atomic E-state index is 12.2. The number of amides is 1. The Morgan fingerprint density at radius 2 is 1.83 bits per heavy atom. The lowest BCUT2D eigenvalue weighted by atomic mass is 9.68. The van der Waals surface area contributed by atoms with E-state index in [4.69, 9.17) is 0 Å². The van der Waals surface area contributed by atoms with Crippen LogP contribution in [0.25, 0.3) is 0 Å². The maximum Gasteiger partial charge on any atom is 0.573 e. The van der Waals surface area contributed by atoms with E-state index >= 15 is 0 Å². The van der Waals surface area contributed by atoms with Crippen molar-refractivity contribution in [2.24, 2.45) is 5.41 Å². The number of alkyl halides is 3. The second-order valence-electron chi connectivity index (χ2n) is 5.55. The Morgan fingerprint density at radius 1 is 1.26 bits per heavy atom. The molecular weight excluding hydrogens is 315 g/mol. The minimum Gasteiger partial charge on any atom is -0.480 e. The second kappa shape index (κ2) is 6.10. The van der Waals surface area contributed by atoms with Crippen LogP contribution in [0.5, 0.6) is 5.75 Å². The van der Waals surface area contributed by atoms with Crippen molar-refractivity contribution >= 4 is 11.9 Å². The third-order valence-corrected chi connectivity index (χ3v) is 4.01. The van der Waals surface area contributed by atoms with Crippen LogP contribution in [-0.4, -0.2) is 23.3 Å². The fourth-order valence-corrected chi connectivity index (χ4v) is 2.44. The number of ether oxygens (including phenoxy) is 1. The van der Waals surface area contributed by atoms with Crippen LogP contribution in [0, 0.1) is 5.41 Å². The highest BCUT2D eigenvalue weighted by atomic mass is 19.4. The summed E-state index contributed by atoms with van der Waals surface area (Å²) in [6.07, 6.45) is -3.50. The molecular formula is C15H16F3NO4. The summed E-state index contributed by atoms with van der Waals surface area (Å²) in [7, 11) is 0. The first-order chi connectivity index (χ1) is 10.6. The Kier molecular flexibility index (Phi) is 4.53. The molecule has 0 aromatic heterocycles. The monoisotopic (exact) mass is 331 g/mol. The summed E-state index contributed by atoms with van der Waals surface area (Å²) in [6, 6.07) is 4.53. The molecule has 1 aromatic rings. The standard InChI is InChI=1S/C15H16F3NO4/c1-9(19-12(20)14(13(21)22)7-2-8-14)10-3-5-11(6-4-10)23-15(16,17)18/h3-6,9H,2,7-8H2,1H3,(H,19,20)(H,21,22). The number of nitrogens with one attached hydrogen (secondary N) is 1. The number of carboxylic acids is 1. The summed E-state index contributed by atoms with van der Waals surface area (Å²) in [4.78, 5) is 23.4. The maximum atomic E-state index is 12.2. The number of benzene rings is 1. The number of halogens is 3. The van der Waals surface area contributed by atoms with Gasteiger partial charge < -0.3 is 15.2 Å². The summed E-state index contributed by atoms with van der Waals surface area (Å²) < 4.78 is 40.0. The van der Waals surface area contributed by atoms with E-state index in [1.807, 2.05) is 0 Å². The third kappa shape index (κ3) is 3.75. The molecule has 0 aliphatic heterocycles. The van der Waals surface area contributed by atoms with Crippen molar-refractivity contribution in [3.63, 3.8) is 0 Å². The Labute approximate surface area is 130 Å². The molecule has 0 saturated heterocycles. The van der Waals surface area contributed by atoms with Gasteiger partial charge in [0, 0.05) is 0 Å². The van der Waals surface area contributed by atoms with Crippen LogP contribution in [0.4, 0.5) is 13.2 Å². The molecule has 0 heterocycles. The number of carbonyl (C=O) groups is 2. The number of carbonyl (C=O) groups excluding carboxylic acids is 1. The van der Waals surface area contributed by atoms with E-state index in [0.29, 0.717) is 24.8 Å². The summed E-state index contributed by atoms with van der Waals surface area (Å²) in [5, 5.41) is 11.8. The van der Waals surface area contributed by atoms with Crippen molar-refractivity contribution in [2.45, 2.75) is 38.6 Å². The Morgan fingerprint density at radius 3 is 2.22 bits per heavy atom. The predicted molar refractivity (Wildman–Crippen MR) is 73.6 cm³/mol. The fourth-order valence-electron chi connectivity index (χ4n) is 2.44. The zero-order valence-electron chi connectivity index (χ0n) is 12.3. The highest BCUT2D eigenvalue weighted by Crippen LogP contribution is 2.41. The molecule has 0 bridgehead atoms. The highest BCUT2D eigenvalue weighted by molar-refractivity contribution is 6.02. The normalized spacial score (nSPS) is 17.7. The number of rotatable bonds is 5. The molecule has 1 atom stereocenters. The average Bonchev–Trinajstić information content (AvgIpc) is 2.35. The van der Waals surface area contributed by atoms with Crippen molar-refractivity contribution in [2.75, 3.05) is 0 Å². The molecule has 0 radical (unpaired) electrons. The van der Waals surface area contributed by atoms with Crippen molar-refractivity contribution in [1.82, 2.24) is 5.32 Å². The van der Waals surface area contributed by atoms with E-state index in [0.717, 1.165) is 12.1 Å². The zero-order chi connectivity index (χ0) is 17.3. The number of hydrogen-bond acceptors (Lipinski definition) is 3. The van der Waals surface area contributed by atoms with Crippen molar-refractivity contribution in [3.8, 4) is 5.75 Å². The quantitative estimate of drug-likeness (QED) is 0.813. The minimum absolute atomic E-state index is 0.291. The number of hydrogen-bond donors (Lipinski definition) is 2. The van der Waals surface area contributed by atoms with Gasteiger partial charge in [-0.15, -0.1) is 13.2 Å². The minimum atomic E-state index is -4.76. The Balaban J connectivity index is 2.02. The van der Waals surface area contributed by atoms with E-state index < -0.39 is 29.7 Å². The third-order valence-electron chi connectivity index (χ3n) is 4.01.